The average molecular weight is 391 g/mol. The second-order valence-electron chi connectivity index (χ2n) is 5.52. The number of halogens is 2. The van der Waals surface area contributed by atoms with Crippen LogP contribution in [0.1, 0.15) is 21.7 Å². The molecule has 0 saturated heterocycles. The van der Waals surface area contributed by atoms with Crippen LogP contribution in [0.15, 0.2) is 47.0 Å². The second-order valence-corrected chi connectivity index (χ2v) is 5.93. The van der Waals surface area contributed by atoms with Crippen LogP contribution < -0.4 is 0 Å². The molecular weight excluding hydrogens is 379 g/mol. The van der Waals surface area contributed by atoms with Gasteiger partial charge in [0.15, 0.2) is 0 Å². The van der Waals surface area contributed by atoms with Gasteiger partial charge < -0.3 is 9.26 Å². The van der Waals surface area contributed by atoms with Gasteiger partial charge in [0.25, 0.3) is 5.69 Å². The molecule has 0 amide bonds. The highest BCUT2D eigenvalue weighted by atomic mass is 35.5. The average Bonchev–Trinajstić information content (AvgIpc) is 3.01. The lowest BCUT2D eigenvalue weighted by molar-refractivity contribution is -0.385. The van der Waals surface area contributed by atoms with Crippen LogP contribution in [0.2, 0.25) is 5.02 Å². The maximum Gasteiger partial charge on any atom is 0.344 e. The largest absolute Gasteiger partial charge is 0.457 e. The third-order valence-electron chi connectivity index (χ3n) is 3.81. The normalized spacial score (nSPS) is 10.6. The van der Waals surface area contributed by atoms with Gasteiger partial charge in [-0.25, -0.2) is 9.18 Å². The van der Waals surface area contributed by atoms with Crippen LogP contribution in [0.3, 0.4) is 0 Å². The van der Waals surface area contributed by atoms with E-state index >= 15 is 0 Å². The van der Waals surface area contributed by atoms with E-state index in [0.29, 0.717) is 0 Å². The summed E-state index contributed by atoms with van der Waals surface area (Å²) in [5, 5.41) is 14.8. The maximum atomic E-state index is 14.2. The fourth-order valence-corrected chi connectivity index (χ4v) is 2.79. The van der Waals surface area contributed by atoms with Crippen molar-refractivity contribution in [2.75, 3.05) is 0 Å². The molecule has 9 heteroatoms. The number of hydrogen-bond acceptors (Lipinski definition) is 6. The van der Waals surface area contributed by atoms with Crippen molar-refractivity contribution in [2.24, 2.45) is 0 Å². The van der Waals surface area contributed by atoms with Crippen molar-refractivity contribution in [3.63, 3.8) is 0 Å². The number of hydrogen-bond donors (Lipinski definition) is 0. The van der Waals surface area contributed by atoms with E-state index < -0.39 is 16.7 Å². The Hall–Kier alpha value is -3.26. The molecule has 0 saturated carbocycles. The Morgan fingerprint density at radius 2 is 2.04 bits per heavy atom. The minimum atomic E-state index is -0.860. The highest BCUT2D eigenvalue weighted by molar-refractivity contribution is 6.33. The number of ether oxygens (including phenoxy) is 1. The van der Waals surface area contributed by atoms with Crippen LogP contribution in [0.5, 0.6) is 0 Å². The number of nitrogens with zero attached hydrogens (tertiary/aromatic N) is 2. The van der Waals surface area contributed by atoms with E-state index in [2.05, 4.69) is 5.16 Å². The molecule has 3 rings (SSSR count). The Kier molecular flexibility index (Phi) is 5.18. The minimum absolute atomic E-state index is 0.0519. The van der Waals surface area contributed by atoms with Crippen LogP contribution in [-0.2, 0) is 11.3 Å². The lowest BCUT2D eigenvalue weighted by atomic mass is 10.1. The van der Waals surface area contributed by atoms with E-state index in [0.717, 1.165) is 0 Å². The van der Waals surface area contributed by atoms with E-state index in [9.17, 15) is 19.3 Å². The van der Waals surface area contributed by atoms with Gasteiger partial charge in [-0.15, -0.1) is 0 Å². The monoisotopic (exact) mass is 390 g/mol. The van der Waals surface area contributed by atoms with E-state index in [4.69, 9.17) is 20.9 Å². The van der Waals surface area contributed by atoms with Crippen molar-refractivity contribution in [1.82, 2.24) is 5.16 Å². The molecule has 27 heavy (non-hydrogen) atoms. The van der Waals surface area contributed by atoms with Gasteiger partial charge in [0.1, 0.15) is 29.4 Å². The lowest BCUT2D eigenvalue weighted by Gasteiger charge is -2.07. The molecule has 0 fully saturated rings. The topological polar surface area (TPSA) is 95.5 Å². The number of nitro groups is 1. The Labute approximate surface area is 157 Å². The zero-order chi connectivity index (χ0) is 19.6. The van der Waals surface area contributed by atoms with E-state index in [1.807, 2.05) is 0 Å². The molecule has 0 bridgehead atoms. The molecule has 3 aromatic rings. The van der Waals surface area contributed by atoms with E-state index in [1.54, 1.807) is 6.07 Å². The van der Waals surface area contributed by atoms with Gasteiger partial charge >= 0.3 is 5.97 Å². The lowest BCUT2D eigenvalue weighted by Crippen LogP contribution is -2.08. The van der Waals surface area contributed by atoms with Gasteiger partial charge in [0, 0.05) is 6.07 Å². The number of benzene rings is 2. The number of para-hydroxylation sites is 1. The summed E-state index contributed by atoms with van der Waals surface area (Å²) in [4.78, 5) is 23.0. The van der Waals surface area contributed by atoms with Gasteiger partial charge in [-0.1, -0.05) is 35.0 Å². The van der Waals surface area contributed by atoms with Gasteiger partial charge in [0.05, 0.1) is 21.1 Å². The first-order valence-corrected chi connectivity index (χ1v) is 8.08. The molecule has 1 aromatic heterocycles. The maximum absolute atomic E-state index is 14.2. The number of rotatable bonds is 5. The van der Waals surface area contributed by atoms with Gasteiger partial charge in [-0.2, -0.15) is 0 Å². The SMILES string of the molecule is Cc1onc(-c2c(F)cccc2Cl)c1C(=O)OCc1ccccc1[N+](=O)[O-]. The third kappa shape index (κ3) is 3.65. The number of nitro benzene ring substituents is 1. The molecule has 138 valence electrons. The smallest absolute Gasteiger partial charge is 0.344 e. The standard InChI is InChI=1S/C18H12ClFN2O5/c1-10-15(17(21-27-10)16-12(19)6-4-7-13(16)20)18(23)26-9-11-5-2-3-8-14(11)22(24)25/h2-8H,9H2,1H3. The highest BCUT2D eigenvalue weighted by Crippen LogP contribution is 2.34. The summed E-state index contributed by atoms with van der Waals surface area (Å²) in [6.07, 6.45) is 0. The Morgan fingerprint density at radius 1 is 1.30 bits per heavy atom. The molecule has 0 aliphatic heterocycles. The first-order chi connectivity index (χ1) is 12.9. The number of esters is 1. The molecule has 0 aliphatic rings. The molecular formula is C18H12ClFN2O5. The number of aryl methyl sites for hydroxylation is 1. The molecule has 1 heterocycles. The Morgan fingerprint density at radius 3 is 2.74 bits per heavy atom. The van der Waals surface area contributed by atoms with Gasteiger partial charge in [-0.3, -0.25) is 10.1 Å². The number of carbonyl (C=O) groups is 1. The molecule has 7 nitrogen and oxygen atoms in total. The fraction of sp³-hybridized carbons (Fsp3) is 0.111. The first-order valence-electron chi connectivity index (χ1n) is 7.70. The zero-order valence-corrected chi connectivity index (χ0v) is 14.7. The quantitative estimate of drug-likeness (QED) is 0.355. The predicted molar refractivity (Wildman–Crippen MR) is 93.9 cm³/mol. The minimum Gasteiger partial charge on any atom is -0.457 e. The number of carbonyl (C=O) groups excluding carboxylic acids is 1. The summed E-state index contributed by atoms with van der Waals surface area (Å²) >= 11 is 6.03. The Balaban J connectivity index is 1.91. The summed E-state index contributed by atoms with van der Waals surface area (Å²) in [6.45, 7) is 1.12. The molecule has 0 radical (unpaired) electrons. The third-order valence-corrected chi connectivity index (χ3v) is 4.13. The zero-order valence-electron chi connectivity index (χ0n) is 13.9. The molecule has 0 atom stereocenters. The predicted octanol–water partition coefficient (Wildman–Crippen LogP) is 4.71. The van der Waals surface area contributed by atoms with Crippen LogP contribution >= 0.6 is 11.6 Å². The summed E-state index contributed by atoms with van der Waals surface area (Å²) in [5.74, 6) is -1.43. The van der Waals surface area contributed by atoms with E-state index in [-0.39, 0.29) is 45.5 Å². The fourth-order valence-electron chi connectivity index (χ4n) is 2.53. The molecule has 0 spiro atoms. The van der Waals surface area contributed by atoms with Gasteiger partial charge in [-0.05, 0) is 25.1 Å². The van der Waals surface area contributed by atoms with Crippen LogP contribution in [0.25, 0.3) is 11.3 Å². The first kappa shape index (κ1) is 18.5. The van der Waals surface area contributed by atoms with Crippen molar-refractivity contribution >= 4 is 23.3 Å². The summed E-state index contributed by atoms with van der Waals surface area (Å²) < 4.78 is 24.4. The van der Waals surface area contributed by atoms with Crippen molar-refractivity contribution < 1.29 is 23.4 Å². The van der Waals surface area contributed by atoms with Crippen molar-refractivity contribution in [3.8, 4) is 11.3 Å². The van der Waals surface area contributed by atoms with E-state index in [1.165, 1.54) is 43.3 Å². The molecule has 0 aliphatic carbocycles. The summed E-state index contributed by atoms with van der Waals surface area (Å²) in [7, 11) is 0. The molecule has 0 unspecified atom stereocenters. The second kappa shape index (κ2) is 7.55. The van der Waals surface area contributed by atoms with Crippen molar-refractivity contribution in [1.29, 1.82) is 0 Å². The highest BCUT2D eigenvalue weighted by Gasteiger charge is 2.27. The molecule has 2 aromatic carbocycles. The van der Waals surface area contributed by atoms with Crippen LogP contribution in [0.4, 0.5) is 10.1 Å². The molecule has 0 N–H and O–H groups in total. The van der Waals surface area contributed by atoms with Crippen LogP contribution in [0, 0.1) is 22.9 Å². The summed E-state index contributed by atoms with van der Waals surface area (Å²) in [5.41, 5.74) is -0.238. The van der Waals surface area contributed by atoms with Crippen molar-refractivity contribution in [2.45, 2.75) is 13.5 Å². The number of aromatic nitrogens is 1. The van der Waals surface area contributed by atoms with Crippen LogP contribution in [-0.4, -0.2) is 16.0 Å². The Bertz CT molecular complexity index is 1010. The van der Waals surface area contributed by atoms with Gasteiger partial charge in [0.2, 0.25) is 0 Å². The van der Waals surface area contributed by atoms with Crippen molar-refractivity contribution in [3.05, 3.63) is 80.3 Å². The summed E-state index contributed by atoms with van der Waals surface area (Å²) in [6, 6.07) is 9.91.